The van der Waals surface area contributed by atoms with Crippen LogP contribution in [-0.4, -0.2) is 83.6 Å². The molecule has 9 heteroatoms. The fourth-order valence-electron chi connectivity index (χ4n) is 3.29. The molecule has 9 nitrogen and oxygen atoms in total. The number of carbonyl (C=O) groups excluding carboxylic acids is 1. The van der Waals surface area contributed by atoms with Crippen LogP contribution in [0.4, 0.5) is 17.7 Å². The van der Waals surface area contributed by atoms with Crippen molar-refractivity contribution in [3.05, 3.63) is 30.7 Å². The van der Waals surface area contributed by atoms with Gasteiger partial charge in [0.2, 0.25) is 18.3 Å². The minimum absolute atomic E-state index is 0.715. The lowest BCUT2D eigenvalue weighted by Gasteiger charge is -2.36. The summed E-state index contributed by atoms with van der Waals surface area (Å²) in [5, 5.41) is 0. The highest BCUT2D eigenvalue weighted by Gasteiger charge is 2.22. The first kappa shape index (κ1) is 16.5. The van der Waals surface area contributed by atoms with Gasteiger partial charge in [-0.1, -0.05) is 0 Å². The Hall–Kier alpha value is -2.97. The molecule has 0 spiro atoms. The van der Waals surface area contributed by atoms with E-state index in [9.17, 15) is 4.79 Å². The Bertz CT molecular complexity index is 727. The Morgan fingerprint density at radius 2 is 1.31 bits per heavy atom. The summed E-state index contributed by atoms with van der Waals surface area (Å²) in [5.41, 5.74) is 0. The molecule has 0 bridgehead atoms. The van der Waals surface area contributed by atoms with Gasteiger partial charge in [-0.3, -0.25) is 4.79 Å². The van der Waals surface area contributed by atoms with Crippen LogP contribution < -0.4 is 14.7 Å². The van der Waals surface area contributed by atoms with Crippen molar-refractivity contribution in [1.29, 1.82) is 0 Å². The Balaban J connectivity index is 1.39. The van der Waals surface area contributed by atoms with E-state index in [1.54, 1.807) is 17.3 Å². The molecule has 4 rings (SSSR count). The van der Waals surface area contributed by atoms with E-state index in [0.717, 1.165) is 63.4 Å². The molecule has 2 fully saturated rings. The molecule has 2 saturated heterocycles. The fraction of sp³-hybridized carbons (Fsp3) is 0.471. The summed E-state index contributed by atoms with van der Waals surface area (Å²) in [5.74, 6) is 2.46. The summed E-state index contributed by atoms with van der Waals surface area (Å²) < 4.78 is 0. The maximum Gasteiger partial charge on any atom is 0.227 e. The molecule has 2 aliphatic rings. The standard InChI is InChI=1S/C17H22N8O/c26-14-22-6-8-25(9-7-22)17-20-5-2-15(21-17)23-10-12-24(13-11-23)16-18-3-1-4-19-16/h1-5,14H,6-13H2. The van der Waals surface area contributed by atoms with Gasteiger partial charge < -0.3 is 19.6 Å². The second-order valence-corrected chi connectivity index (χ2v) is 6.37. The van der Waals surface area contributed by atoms with E-state index in [0.29, 0.717) is 13.1 Å². The lowest BCUT2D eigenvalue weighted by Crippen LogP contribution is -2.48. The quantitative estimate of drug-likeness (QED) is 0.703. The monoisotopic (exact) mass is 354 g/mol. The van der Waals surface area contributed by atoms with Crippen LogP contribution in [-0.2, 0) is 4.79 Å². The molecule has 2 aromatic rings. The minimum Gasteiger partial charge on any atom is -0.353 e. The summed E-state index contributed by atoms with van der Waals surface area (Å²) in [6.45, 7) is 6.42. The SMILES string of the molecule is O=CN1CCN(c2nccc(N3CCN(c4ncccn4)CC3)n2)CC1. The molecule has 4 heterocycles. The highest BCUT2D eigenvalue weighted by molar-refractivity contribution is 5.49. The van der Waals surface area contributed by atoms with Gasteiger partial charge in [-0.05, 0) is 12.1 Å². The smallest absolute Gasteiger partial charge is 0.227 e. The van der Waals surface area contributed by atoms with E-state index < -0.39 is 0 Å². The number of rotatable bonds is 4. The van der Waals surface area contributed by atoms with Crippen LogP contribution in [0.3, 0.4) is 0 Å². The van der Waals surface area contributed by atoms with Crippen molar-refractivity contribution in [2.24, 2.45) is 0 Å². The molecule has 0 radical (unpaired) electrons. The normalized spacial score (nSPS) is 18.2. The Labute approximate surface area is 152 Å². The molecule has 136 valence electrons. The number of hydrogen-bond donors (Lipinski definition) is 0. The van der Waals surface area contributed by atoms with Gasteiger partial charge in [-0.25, -0.2) is 15.0 Å². The van der Waals surface area contributed by atoms with Crippen molar-refractivity contribution < 1.29 is 4.79 Å². The first-order valence-electron chi connectivity index (χ1n) is 8.88. The molecule has 0 atom stereocenters. The van der Waals surface area contributed by atoms with Crippen molar-refractivity contribution in [2.45, 2.75) is 0 Å². The third kappa shape index (κ3) is 3.51. The average Bonchev–Trinajstić information content (AvgIpc) is 2.75. The molecule has 0 saturated carbocycles. The van der Waals surface area contributed by atoms with E-state index in [2.05, 4.69) is 29.7 Å². The maximum atomic E-state index is 10.8. The maximum absolute atomic E-state index is 10.8. The highest BCUT2D eigenvalue weighted by atomic mass is 16.1. The molecule has 2 aliphatic heterocycles. The third-order valence-electron chi connectivity index (χ3n) is 4.81. The molecule has 1 amide bonds. The number of carbonyl (C=O) groups is 1. The second kappa shape index (κ2) is 7.51. The minimum atomic E-state index is 0.715. The number of piperazine rings is 2. The topological polar surface area (TPSA) is 81.6 Å². The van der Waals surface area contributed by atoms with Gasteiger partial charge in [0, 0.05) is 70.9 Å². The fourth-order valence-corrected chi connectivity index (χ4v) is 3.29. The predicted octanol–water partition coefficient (Wildman–Crippen LogP) is -0.128. The van der Waals surface area contributed by atoms with Gasteiger partial charge >= 0.3 is 0 Å². The molecule has 0 aliphatic carbocycles. The van der Waals surface area contributed by atoms with Crippen LogP contribution in [0.5, 0.6) is 0 Å². The molecule has 0 aromatic carbocycles. The molecule has 0 unspecified atom stereocenters. The molecule has 0 N–H and O–H groups in total. The summed E-state index contributed by atoms with van der Waals surface area (Å²) in [7, 11) is 0. The largest absolute Gasteiger partial charge is 0.353 e. The Kier molecular flexibility index (Phi) is 4.76. The van der Waals surface area contributed by atoms with E-state index in [4.69, 9.17) is 4.98 Å². The molecular weight excluding hydrogens is 332 g/mol. The van der Waals surface area contributed by atoms with E-state index in [1.807, 2.05) is 18.3 Å². The summed E-state index contributed by atoms with van der Waals surface area (Å²) in [6.07, 6.45) is 6.27. The Morgan fingerprint density at radius 3 is 2.00 bits per heavy atom. The van der Waals surface area contributed by atoms with Crippen LogP contribution >= 0.6 is 0 Å². The summed E-state index contributed by atoms with van der Waals surface area (Å²) in [4.78, 5) is 37.1. The van der Waals surface area contributed by atoms with Gasteiger partial charge in [0.25, 0.3) is 0 Å². The Morgan fingerprint density at radius 1 is 0.731 bits per heavy atom. The van der Waals surface area contributed by atoms with Crippen molar-refractivity contribution in [2.75, 3.05) is 67.1 Å². The number of hydrogen-bond acceptors (Lipinski definition) is 8. The number of nitrogens with zero attached hydrogens (tertiary/aromatic N) is 8. The predicted molar refractivity (Wildman–Crippen MR) is 98.3 cm³/mol. The summed E-state index contributed by atoms with van der Waals surface area (Å²) >= 11 is 0. The van der Waals surface area contributed by atoms with Crippen LogP contribution in [0.2, 0.25) is 0 Å². The van der Waals surface area contributed by atoms with E-state index >= 15 is 0 Å². The van der Waals surface area contributed by atoms with Crippen LogP contribution in [0.1, 0.15) is 0 Å². The second-order valence-electron chi connectivity index (χ2n) is 6.37. The van der Waals surface area contributed by atoms with Crippen LogP contribution in [0.25, 0.3) is 0 Å². The zero-order valence-corrected chi connectivity index (χ0v) is 14.6. The first-order valence-corrected chi connectivity index (χ1v) is 8.88. The van der Waals surface area contributed by atoms with Gasteiger partial charge in [0.05, 0.1) is 0 Å². The van der Waals surface area contributed by atoms with E-state index in [-0.39, 0.29) is 0 Å². The third-order valence-corrected chi connectivity index (χ3v) is 4.81. The molecule has 26 heavy (non-hydrogen) atoms. The van der Waals surface area contributed by atoms with Gasteiger partial charge in [-0.2, -0.15) is 4.98 Å². The van der Waals surface area contributed by atoms with Crippen LogP contribution in [0.15, 0.2) is 30.7 Å². The number of amides is 1. The highest BCUT2D eigenvalue weighted by Crippen LogP contribution is 2.19. The number of aromatic nitrogens is 4. The summed E-state index contributed by atoms with van der Waals surface area (Å²) in [6, 6.07) is 3.79. The van der Waals surface area contributed by atoms with E-state index in [1.165, 1.54) is 0 Å². The van der Waals surface area contributed by atoms with Gasteiger partial charge in [0.1, 0.15) is 5.82 Å². The van der Waals surface area contributed by atoms with Gasteiger partial charge in [-0.15, -0.1) is 0 Å². The lowest BCUT2D eigenvalue weighted by atomic mass is 10.3. The molecular formula is C17H22N8O. The number of anilines is 3. The van der Waals surface area contributed by atoms with Crippen molar-refractivity contribution in [3.63, 3.8) is 0 Å². The molecule has 2 aromatic heterocycles. The first-order chi connectivity index (χ1) is 12.8. The average molecular weight is 354 g/mol. The van der Waals surface area contributed by atoms with Crippen molar-refractivity contribution in [3.8, 4) is 0 Å². The van der Waals surface area contributed by atoms with Crippen molar-refractivity contribution >= 4 is 24.1 Å². The van der Waals surface area contributed by atoms with Crippen LogP contribution in [0, 0.1) is 0 Å². The zero-order chi connectivity index (χ0) is 17.8. The van der Waals surface area contributed by atoms with Crippen molar-refractivity contribution in [1.82, 2.24) is 24.8 Å². The van der Waals surface area contributed by atoms with Gasteiger partial charge in [0.15, 0.2) is 0 Å². The zero-order valence-electron chi connectivity index (χ0n) is 14.6. The lowest BCUT2D eigenvalue weighted by molar-refractivity contribution is -0.118.